The van der Waals surface area contributed by atoms with Gasteiger partial charge in [-0.25, -0.2) is 0 Å². The molecule has 1 aromatic rings. The van der Waals surface area contributed by atoms with E-state index in [0.29, 0.717) is 0 Å². The number of hydrogen-bond acceptors (Lipinski definition) is 1. The van der Waals surface area contributed by atoms with Crippen LogP contribution >= 0.6 is 11.3 Å². The minimum absolute atomic E-state index is 0.817. The number of aryl methyl sites for hydroxylation is 2. The maximum Gasteiger partial charge on any atom is 0.00490 e. The van der Waals surface area contributed by atoms with E-state index in [1.54, 1.807) is 16.0 Å². The highest BCUT2D eigenvalue weighted by atomic mass is 32.1. The number of rotatable bonds is 6. The van der Waals surface area contributed by atoms with Crippen LogP contribution in [-0.4, -0.2) is 0 Å². The molecule has 0 bridgehead atoms. The van der Waals surface area contributed by atoms with Gasteiger partial charge in [0.15, 0.2) is 0 Å². The van der Waals surface area contributed by atoms with Gasteiger partial charge in [-0.2, -0.15) is 0 Å². The zero-order valence-electron chi connectivity index (χ0n) is 11.5. The molecule has 0 unspecified atom stereocenters. The summed E-state index contributed by atoms with van der Waals surface area (Å²) in [5.41, 5.74) is 3.27. The summed E-state index contributed by atoms with van der Waals surface area (Å²) in [6.45, 7) is 11.5. The van der Waals surface area contributed by atoms with Gasteiger partial charge in [-0.1, -0.05) is 27.7 Å². The second-order valence-electron chi connectivity index (χ2n) is 5.66. The average Bonchev–Trinajstić information content (AvgIpc) is 2.53. The summed E-state index contributed by atoms with van der Waals surface area (Å²) in [6, 6.07) is 0. The van der Waals surface area contributed by atoms with Gasteiger partial charge in [-0.3, -0.25) is 0 Å². The van der Waals surface area contributed by atoms with Crippen LogP contribution in [0.1, 0.15) is 56.5 Å². The van der Waals surface area contributed by atoms with Crippen molar-refractivity contribution in [2.24, 2.45) is 11.8 Å². The van der Waals surface area contributed by atoms with Gasteiger partial charge < -0.3 is 0 Å². The van der Waals surface area contributed by atoms with Crippen molar-refractivity contribution in [1.29, 1.82) is 0 Å². The van der Waals surface area contributed by atoms with E-state index in [-0.39, 0.29) is 0 Å². The highest BCUT2D eigenvalue weighted by Gasteiger charge is 2.09. The van der Waals surface area contributed by atoms with E-state index >= 15 is 0 Å². The number of hydrogen-bond donors (Lipinski definition) is 0. The predicted octanol–water partition coefficient (Wildman–Crippen LogP) is 5.23. The zero-order valence-corrected chi connectivity index (χ0v) is 12.3. The van der Waals surface area contributed by atoms with E-state index in [2.05, 4.69) is 40.0 Å². The second kappa shape index (κ2) is 6.44. The van der Waals surface area contributed by atoms with Crippen LogP contribution in [0.15, 0.2) is 5.38 Å². The molecule has 0 radical (unpaired) electrons. The van der Waals surface area contributed by atoms with Crippen LogP contribution in [0.5, 0.6) is 0 Å². The second-order valence-corrected chi connectivity index (χ2v) is 6.74. The van der Waals surface area contributed by atoms with E-state index in [9.17, 15) is 0 Å². The molecule has 1 aromatic heterocycles. The Balaban J connectivity index is 2.62. The van der Waals surface area contributed by atoms with Crippen molar-refractivity contribution in [3.8, 4) is 0 Å². The molecule has 0 spiro atoms. The first kappa shape index (κ1) is 13.8. The average molecular weight is 238 g/mol. The molecular weight excluding hydrogens is 212 g/mol. The lowest BCUT2D eigenvalue weighted by molar-refractivity contribution is 0.571. The SMILES string of the molecule is Cc1scc(CCC(C)C)c1CCC(C)C. The summed E-state index contributed by atoms with van der Waals surface area (Å²) < 4.78 is 0. The van der Waals surface area contributed by atoms with Gasteiger partial charge in [-0.05, 0) is 60.9 Å². The summed E-state index contributed by atoms with van der Waals surface area (Å²) in [5, 5.41) is 2.38. The topological polar surface area (TPSA) is 0 Å². The Bertz CT molecular complexity index is 307. The Morgan fingerprint density at radius 1 is 1.00 bits per heavy atom. The lowest BCUT2D eigenvalue weighted by Crippen LogP contribution is -1.98. The molecule has 0 aliphatic carbocycles. The van der Waals surface area contributed by atoms with Crippen molar-refractivity contribution in [2.75, 3.05) is 0 Å². The monoisotopic (exact) mass is 238 g/mol. The van der Waals surface area contributed by atoms with Crippen molar-refractivity contribution in [2.45, 2.75) is 60.3 Å². The molecule has 0 fully saturated rings. The smallest absolute Gasteiger partial charge is 0.00490 e. The van der Waals surface area contributed by atoms with Gasteiger partial charge >= 0.3 is 0 Å². The fourth-order valence-electron chi connectivity index (χ4n) is 1.95. The molecule has 92 valence electrons. The van der Waals surface area contributed by atoms with Crippen molar-refractivity contribution < 1.29 is 0 Å². The van der Waals surface area contributed by atoms with E-state index in [1.165, 1.54) is 25.7 Å². The van der Waals surface area contributed by atoms with E-state index in [4.69, 9.17) is 0 Å². The molecule has 1 heterocycles. The van der Waals surface area contributed by atoms with Crippen LogP contribution in [0.3, 0.4) is 0 Å². The molecule has 0 nitrogen and oxygen atoms in total. The third-order valence-corrected chi connectivity index (χ3v) is 4.16. The number of thiophene rings is 1. The summed E-state index contributed by atoms with van der Waals surface area (Å²) >= 11 is 1.93. The third kappa shape index (κ3) is 4.29. The first-order valence-corrected chi connectivity index (χ1v) is 7.44. The zero-order chi connectivity index (χ0) is 12.1. The normalized spacial score (nSPS) is 11.7. The Kier molecular flexibility index (Phi) is 5.54. The molecular formula is C15H26S. The van der Waals surface area contributed by atoms with Crippen LogP contribution in [-0.2, 0) is 12.8 Å². The van der Waals surface area contributed by atoms with Crippen LogP contribution < -0.4 is 0 Å². The lowest BCUT2D eigenvalue weighted by Gasteiger charge is -2.09. The van der Waals surface area contributed by atoms with Gasteiger partial charge in [0.2, 0.25) is 0 Å². The Morgan fingerprint density at radius 3 is 2.12 bits per heavy atom. The third-order valence-electron chi connectivity index (χ3n) is 3.15. The summed E-state index contributed by atoms with van der Waals surface area (Å²) in [4.78, 5) is 1.54. The largest absolute Gasteiger partial charge is 0.149 e. The van der Waals surface area contributed by atoms with E-state index < -0.39 is 0 Å². The van der Waals surface area contributed by atoms with E-state index in [1.807, 2.05) is 11.3 Å². The van der Waals surface area contributed by atoms with E-state index in [0.717, 1.165) is 11.8 Å². The van der Waals surface area contributed by atoms with Crippen LogP contribution in [0, 0.1) is 18.8 Å². The van der Waals surface area contributed by atoms with Gasteiger partial charge in [0, 0.05) is 4.88 Å². The predicted molar refractivity (Wildman–Crippen MR) is 75.4 cm³/mol. The molecule has 1 rings (SSSR count). The first-order chi connectivity index (χ1) is 7.50. The first-order valence-electron chi connectivity index (χ1n) is 6.56. The van der Waals surface area contributed by atoms with Crippen molar-refractivity contribution in [1.82, 2.24) is 0 Å². The van der Waals surface area contributed by atoms with Gasteiger partial charge in [0.25, 0.3) is 0 Å². The summed E-state index contributed by atoms with van der Waals surface area (Å²) in [7, 11) is 0. The van der Waals surface area contributed by atoms with Gasteiger partial charge in [0.05, 0.1) is 0 Å². The molecule has 0 atom stereocenters. The maximum atomic E-state index is 2.38. The minimum atomic E-state index is 0.817. The molecule has 0 aliphatic rings. The highest BCUT2D eigenvalue weighted by molar-refractivity contribution is 7.10. The fraction of sp³-hybridized carbons (Fsp3) is 0.733. The molecule has 0 aromatic carbocycles. The standard InChI is InChI=1S/C15H26S/c1-11(2)6-8-14-10-16-13(5)15(14)9-7-12(3)4/h10-12H,6-9H2,1-5H3. The molecule has 0 N–H and O–H groups in total. The Hall–Kier alpha value is -0.300. The molecule has 0 saturated heterocycles. The minimum Gasteiger partial charge on any atom is -0.149 e. The molecule has 0 amide bonds. The van der Waals surface area contributed by atoms with Gasteiger partial charge in [0.1, 0.15) is 0 Å². The van der Waals surface area contributed by atoms with Crippen molar-refractivity contribution in [3.05, 3.63) is 21.4 Å². The van der Waals surface area contributed by atoms with Gasteiger partial charge in [-0.15, -0.1) is 11.3 Å². The lowest BCUT2D eigenvalue weighted by atomic mass is 9.96. The summed E-state index contributed by atoms with van der Waals surface area (Å²) in [5.74, 6) is 1.63. The molecule has 16 heavy (non-hydrogen) atoms. The van der Waals surface area contributed by atoms with Crippen LogP contribution in [0.4, 0.5) is 0 Å². The molecule has 1 heteroatoms. The molecule has 0 aliphatic heterocycles. The quantitative estimate of drug-likeness (QED) is 0.636. The van der Waals surface area contributed by atoms with Crippen molar-refractivity contribution in [3.63, 3.8) is 0 Å². The Labute approximate surface area is 105 Å². The van der Waals surface area contributed by atoms with Crippen LogP contribution in [0.2, 0.25) is 0 Å². The highest BCUT2D eigenvalue weighted by Crippen LogP contribution is 2.26. The Morgan fingerprint density at radius 2 is 1.56 bits per heavy atom. The molecule has 0 saturated carbocycles. The maximum absolute atomic E-state index is 2.38. The fourth-order valence-corrected chi connectivity index (χ4v) is 2.91. The van der Waals surface area contributed by atoms with Crippen LogP contribution in [0.25, 0.3) is 0 Å². The van der Waals surface area contributed by atoms with Crippen molar-refractivity contribution >= 4 is 11.3 Å². The summed E-state index contributed by atoms with van der Waals surface area (Å²) in [6.07, 6.45) is 5.20.